The maximum atomic E-state index is 12.1. The SMILES string of the molecule is COc1cc(OCC(C)CCc2ccc(C(=O)NCCC(=O)O)cc2)ccc1-c1ccc(C(C)C)cc1. The molecule has 196 valence electrons. The van der Waals surface area contributed by atoms with Crippen LogP contribution in [-0.2, 0) is 11.2 Å². The number of aryl methyl sites for hydroxylation is 1. The summed E-state index contributed by atoms with van der Waals surface area (Å²) in [7, 11) is 1.68. The predicted molar refractivity (Wildman–Crippen MR) is 147 cm³/mol. The molecule has 3 aromatic carbocycles. The van der Waals surface area contributed by atoms with E-state index in [1.807, 2.05) is 30.3 Å². The number of ether oxygens (including phenoxy) is 2. The zero-order valence-corrected chi connectivity index (χ0v) is 22.1. The number of rotatable bonds is 13. The molecule has 0 heterocycles. The van der Waals surface area contributed by atoms with Gasteiger partial charge in [-0.05, 0) is 65.6 Å². The van der Waals surface area contributed by atoms with Crippen LogP contribution in [0.25, 0.3) is 11.1 Å². The molecule has 1 amide bonds. The van der Waals surface area contributed by atoms with E-state index in [9.17, 15) is 9.59 Å². The first-order chi connectivity index (χ1) is 17.8. The second-order valence-corrected chi connectivity index (χ2v) is 9.69. The van der Waals surface area contributed by atoms with Crippen molar-refractivity contribution < 1.29 is 24.2 Å². The summed E-state index contributed by atoms with van der Waals surface area (Å²) in [6.45, 7) is 7.25. The van der Waals surface area contributed by atoms with Crippen molar-refractivity contribution >= 4 is 11.9 Å². The van der Waals surface area contributed by atoms with E-state index in [4.69, 9.17) is 14.6 Å². The van der Waals surface area contributed by atoms with Gasteiger partial charge in [-0.2, -0.15) is 0 Å². The van der Waals surface area contributed by atoms with Gasteiger partial charge in [-0.3, -0.25) is 9.59 Å². The standard InChI is InChI=1S/C31H37NO5/c1-21(2)24-11-13-25(14-12-24)28-16-15-27(19-29(28)36-4)37-20-22(3)5-6-23-7-9-26(10-8-23)31(35)32-18-17-30(33)34/h7-16,19,21-22H,5-6,17-18,20H2,1-4H3,(H,32,35)(H,33,34). The minimum atomic E-state index is -0.933. The highest BCUT2D eigenvalue weighted by molar-refractivity contribution is 5.94. The van der Waals surface area contributed by atoms with E-state index < -0.39 is 5.97 Å². The van der Waals surface area contributed by atoms with Gasteiger partial charge in [0.15, 0.2) is 0 Å². The Balaban J connectivity index is 1.49. The van der Waals surface area contributed by atoms with E-state index in [1.54, 1.807) is 19.2 Å². The molecule has 6 nitrogen and oxygen atoms in total. The first kappa shape index (κ1) is 27.8. The van der Waals surface area contributed by atoms with Crippen LogP contribution in [0.4, 0.5) is 0 Å². The van der Waals surface area contributed by atoms with E-state index in [-0.39, 0.29) is 18.9 Å². The highest BCUT2D eigenvalue weighted by Gasteiger charge is 2.11. The number of hydrogen-bond donors (Lipinski definition) is 2. The third-order valence-corrected chi connectivity index (χ3v) is 6.36. The van der Waals surface area contributed by atoms with Gasteiger partial charge in [-0.15, -0.1) is 0 Å². The molecule has 3 aromatic rings. The number of benzene rings is 3. The maximum Gasteiger partial charge on any atom is 0.305 e. The largest absolute Gasteiger partial charge is 0.496 e. The minimum absolute atomic E-state index is 0.0903. The number of carbonyl (C=O) groups excluding carboxylic acids is 1. The molecule has 0 aliphatic heterocycles. The number of hydrogen-bond acceptors (Lipinski definition) is 4. The van der Waals surface area contributed by atoms with Crippen molar-refractivity contribution in [1.82, 2.24) is 5.32 Å². The second kappa shape index (κ2) is 13.5. The minimum Gasteiger partial charge on any atom is -0.496 e. The number of methoxy groups -OCH3 is 1. The van der Waals surface area contributed by atoms with E-state index in [2.05, 4.69) is 50.4 Å². The van der Waals surface area contributed by atoms with E-state index in [0.29, 0.717) is 24.0 Å². The Kier molecular flexibility index (Phi) is 10.1. The summed E-state index contributed by atoms with van der Waals surface area (Å²) in [5, 5.41) is 11.3. The Labute approximate surface area is 219 Å². The van der Waals surface area contributed by atoms with Crippen LogP contribution in [0, 0.1) is 5.92 Å². The maximum absolute atomic E-state index is 12.1. The number of aliphatic carboxylic acids is 1. The van der Waals surface area contributed by atoms with Gasteiger partial charge in [0.05, 0.1) is 20.1 Å². The Morgan fingerprint density at radius 2 is 1.65 bits per heavy atom. The molecule has 0 aliphatic carbocycles. The van der Waals surface area contributed by atoms with Crippen molar-refractivity contribution in [3.8, 4) is 22.6 Å². The van der Waals surface area contributed by atoms with Crippen LogP contribution in [0.1, 0.15) is 61.0 Å². The Bertz CT molecular complexity index is 1170. The Hall–Kier alpha value is -3.80. The number of carboxylic acids is 1. The fourth-order valence-corrected chi connectivity index (χ4v) is 3.99. The van der Waals surface area contributed by atoms with Crippen LogP contribution < -0.4 is 14.8 Å². The highest BCUT2D eigenvalue weighted by Crippen LogP contribution is 2.34. The summed E-state index contributed by atoms with van der Waals surface area (Å²) in [6, 6.07) is 22.0. The van der Waals surface area contributed by atoms with Crippen LogP contribution in [0.15, 0.2) is 66.7 Å². The lowest BCUT2D eigenvalue weighted by molar-refractivity contribution is -0.136. The number of carbonyl (C=O) groups is 2. The van der Waals surface area contributed by atoms with Gasteiger partial charge >= 0.3 is 5.97 Å². The molecule has 0 aromatic heterocycles. The molecular formula is C31H37NO5. The lowest BCUT2D eigenvalue weighted by Gasteiger charge is -2.16. The number of amides is 1. The normalized spacial score (nSPS) is 11.7. The molecule has 37 heavy (non-hydrogen) atoms. The molecule has 0 spiro atoms. The van der Waals surface area contributed by atoms with Crippen LogP contribution in [0.3, 0.4) is 0 Å². The van der Waals surface area contributed by atoms with Gasteiger partial charge in [0.1, 0.15) is 11.5 Å². The highest BCUT2D eigenvalue weighted by atomic mass is 16.5. The molecule has 2 N–H and O–H groups in total. The van der Waals surface area contributed by atoms with Gasteiger partial charge in [0.2, 0.25) is 0 Å². The third-order valence-electron chi connectivity index (χ3n) is 6.36. The van der Waals surface area contributed by atoms with Crippen LogP contribution in [0.5, 0.6) is 11.5 Å². The first-order valence-electron chi connectivity index (χ1n) is 12.8. The molecule has 0 saturated carbocycles. The van der Waals surface area contributed by atoms with E-state index in [0.717, 1.165) is 41.0 Å². The van der Waals surface area contributed by atoms with E-state index >= 15 is 0 Å². The average molecular weight is 504 g/mol. The summed E-state index contributed by atoms with van der Waals surface area (Å²) >= 11 is 0. The predicted octanol–water partition coefficient (Wildman–Crippen LogP) is 6.34. The molecule has 0 fully saturated rings. The van der Waals surface area contributed by atoms with Crippen LogP contribution in [-0.4, -0.2) is 37.2 Å². The Morgan fingerprint density at radius 3 is 2.27 bits per heavy atom. The molecule has 3 rings (SSSR count). The third kappa shape index (κ3) is 8.38. The fourth-order valence-electron chi connectivity index (χ4n) is 3.99. The summed E-state index contributed by atoms with van der Waals surface area (Å²) in [6.07, 6.45) is 1.73. The number of nitrogens with one attached hydrogen (secondary N) is 1. The summed E-state index contributed by atoms with van der Waals surface area (Å²) in [5.41, 5.74) is 5.13. The zero-order chi connectivity index (χ0) is 26.8. The molecule has 1 unspecified atom stereocenters. The lowest BCUT2D eigenvalue weighted by atomic mass is 9.98. The fraction of sp³-hybridized carbons (Fsp3) is 0.355. The summed E-state index contributed by atoms with van der Waals surface area (Å²) < 4.78 is 11.7. The second-order valence-electron chi connectivity index (χ2n) is 9.69. The average Bonchev–Trinajstić information content (AvgIpc) is 2.90. The molecule has 0 saturated heterocycles. The van der Waals surface area contributed by atoms with E-state index in [1.165, 1.54) is 5.56 Å². The van der Waals surface area contributed by atoms with Crippen molar-refractivity contribution in [3.05, 3.63) is 83.4 Å². The Morgan fingerprint density at radius 1 is 0.946 bits per heavy atom. The smallest absolute Gasteiger partial charge is 0.305 e. The van der Waals surface area contributed by atoms with Crippen LogP contribution in [0.2, 0.25) is 0 Å². The topological polar surface area (TPSA) is 84.9 Å². The van der Waals surface area contributed by atoms with Gasteiger partial charge in [-0.25, -0.2) is 0 Å². The summed E-state index contributed by atoms with van der Waals surface area (Å²) in [5.74, 6) is 1.21. The van der Waals surface area contributed by atoms with Gasteiger partial charge in [0.25, 0.3) is 5.91 Å². The molecule has 6 heteroatoms. The number of carboxylic acid groups (broad SMARTS) is 1. The molecule has 0 bridgehead atoms. The van der Waals surface area contributed by atoms with Crippen molar-refractivity contribution in [2.75, 3.05) is 20.3 Å². The van der Waals surface area contributed by atoms with Crippen molar-refractivity contribution in [2.45, 2.75) is 46.0 Å². The molecule has 1 atom stereocenters. The van der Waals surface area contributed by atoms with Gasteiger partial charge in [0, 0.05) is 23.7 Å². The van der Waals surface area contributed by atoms with Crippen molar-refractivity contribution in [2.24, 2.45) is 5.92 Å². The molecular weight excluding hydrogens is 466 g/mol. The molecule has 0 aliphatic rings. The quantitative estimate of drug-likeness (QED) is 0.284. The summed E-state index contributed by atoms with van der Waals surface area (Å²) in [4.78, 5) is 22.7. The van der Waals surface area contributed by atoms with Gasteiger partial charge in [-0.1, -0.05) is 57.2 Å². The van der Waals surface area contributed by atoms with Crippen molar-refractivity contribution in [3.63, 3.8) is 0 Å². The zero-order valence-electron chi connectivity index (χ0n) is 22.1. The monoisotopic (exact) mass is 503 g/mol. The molecule has 0 radical (unpaired) electrons. The first-order valence-corrected chi connectivity index (χ1v) is 12.8. The lowest BCUT2D eigenvalue weighted by Crippen LogP contribution is -2.25. The van der Waals surface area contributed by atoms with Crippen LogP contribution >= 0.6 is 0 Å². The van der Waals surface area contributed by atoms with Gasteiger partial charge < -0.3 is 19.9 Å². The van der Waals surface area contributed by atoms with Crippen molar-refractivity contribution in [1.29, 1.82) is 0 Å².